The van der Waals surface area contributed by atoms with Gasteiger partial charge in [0.25, 0.3) is 5.91 Å². The average molecular weight is 363 g/mol. The first-order chi connectivity index (χ1) is 12.4. The maximum absolute atomic E-state index is 13.2. The Morgan fingerprint density at radius 3 is 2.69 bits per heavy atom. The van der Waals surface area contributed by atoms with Crippen LogP contribution in [0.15, 0.2) is 24.3 Å². The largest absolute Gasteiger partial charge is 0.490 e. The number of carbonyl (C=O) groups is 3. The molecule has 140 valence electrons. The zero-order chi connectivity index (χ0) is 18.7. The second kappa shape index (κ2) is 7.31. The Kier molecular flexibility index (Phi) is 5.11. The molecule has 2 aliphatic heterocycles. The second-order valence-electron chi connectivity index (χ2n) is 6.90. The van der Waals surface area contributed by atoms with Crippen LogP contribution < -0.4 is 15.4 Å². The fourth-order valence-electron chi connectivity index (χ4n) is 3.23. The van der Waals surface area contributed by atoms with Crippen molar-refractivity contribution in [2.75, 3.05) is 13.1 Å². The molecular weight excluding hydrogens is 341 g/mol. The van der Waals surface area contributed by atoms with Crippen LogP contribution in [0.1, 0.15) is 32.6 Å². The van der Waals surface area contributed by atoms with E-state index < -0.39 is 17.5 Å². The molecule has 8 heteroatoms. The number of piperidine rings is 1. The van der Waals surface area contributed by atoms with E-state index in [1.54, 1.807) is 24.0 Å². The van der Waals surface area contributed by atoms with Gasteiger partial charge in [-0.1, -0.05) is 6.07 Å². The van der Waals surface area contributed by atoms with Gasteiger partial charge in [-0.05, 0) is 25.5 Å². The van der Waals surface area contributed by atoms with Crippen molar-refractivity contribution in [2.24, 2.45) is 0 Å². The van der Waals surface area contributed by atoms with Gasteiger partial charge in [-0.25, -0.2) is 9.18 Å². The number of ether oxygens (including phenoxy) is 1. The lowest BCUT2D eigenvalue weighted by atomic mass is 9.95. The molecular formula is C18H22FN3O4. The van der Waals surface area contributed by atoms with Crippen molar-refractivity contribution in [3.63, 3.8) is 0 Å². The Hall–Kier alpha value is -2.64. The molecule has 1 atom stereocenters. The van der Waals surface area contributed by atoms with E-state index in [0.29, 0.717) is 31.7 Å². The van der Waals surface area contributed by atoms with Gasteiger partial charge in [-0.3, -0.25) is 14.9 Å². The highest BCUT2D eigenvalue weighted by Gasteiger charge is 2.42. The average Bonchev–Trinajstić information content (AvgIpc) is 2.86. The predicted octanol–water partition coefficient (Wildman–Crippen LogP) is 1.57. The van der Waals surface area contributed by atoms with E-state index in [1.165, 1.54) is 12.1 Å². The fraction of sp³-hybridized carbons (Fsp3) is 0.500. The van der Waals surface area contributed by atoms with E-state index in [1.807, 2.05) is 0 Å². The SMILES string of the molecule is C[C@@]1(CCC(=O)N2CCC(Oc3cccc(F)c3)CC2)NC(=O)NC1=O. The van der Waals surface area contributed by atoms with Crippen LogP contribution in [0.4, 0.5) is 9.18 Å². The van der Waals surface area contributed by atoms with Crippen LogP contribution in [0, 0.1) is 5.82 Å². The number of rotatable bonds is 5. The highest BCUT2D eigenvalue weighted by molar-refractivity contribution is 6.06. The summed E-state index contributed by atoms with van der Waals surface area (Å²) in [4.78, 5) is 37.1. The van der Waals surface area contributed by atoms with E-state index in [9.17, 15) is 18.8 Å². The topological polar surface area (TPSA) is 87.7 Å². The van der Waals surface area contributed by atoms with Gasteiger partial charge < -0.3 is 15.0 Å². The minimum Gasteiger partial charge on any atom is -0.490 e. The van der Waals surface area contributed by atoms with Gasteiger partial charge in [0.15, 0.2) is 0 Å². The van der Waals surface area contributed by atoms with Crippen molar-refractivity contribution in [2.45, 2.75) is 44.2 Å². The summed E-state index contributed by atoms with van der Waals surface area (Å²) in [5.74, 6) is -0.306. The van der Waals surface area contributed by atoms with Gasteiger partial charge >= 0.3 is 6.03 Å². The molecule has 0 radical (unpaired) electrons. The number of halogens is 1. The molecule has 4 amide bonds. The molecule has 0 saturated carbocycles. The van der Waals surface area contributed by atoms with Crippen LogP contribution in [0.5, 0.6) is 5.75 Å². The maximum atomic E-state index is 13.2. The molecule has 0 unspecified atom stereocenters. The number of benzene rings is 1. The van der Waals surface area contributed by atoms with Crippen molar-refractivity contribution in [3.8, 4) is 5.75 Å². The molecule has 1 aromatic carbocycles. The molecule has 26 heavy (non-hydrogen) atoms. The summed E-state index contributed by atoms with van der Waals surface area (Å²) in [6.45, 7) is 2.71. The van der Waals surface area contributed by atoms with Gasteiger partial charge in [0.1, 0.15) is 23.2 Å². The number of hydrogen-bond donors (Lipinski definition) is 2. The summed E-state index contributed by atoms with van der Waals surface area (Å²) >= 11 is 0. The predicted molar refractivity (Wildman–Crippen MR) is 90.9 cm³/mol. The minimum atomic E-state index is -1.04. The standard InChI is InChI=1S/C18H22FN3O4/c1-18(16(24)20-17(25)21-18)8-5-15(23)22-9-6-13(7-10-22)26-14-4-2-3-12(19)11-14/h2-4,11,13H,5-10H2,1H3,(H2,20,21,24,25)/t18-/m0/s1. The molecule has 7 nitrogen and oxygen atoms in total. The molecule has 1 aromatic rings. The molecule has 0 aromatic heterocycles. The number of hydrogen-bond acceptors (Lipinski definition) is 4. The summed E-state index contributed by atoms with van der Waals surface area (Å²) in [6.07, 6.45) is 1.70. The van der Waals surface area contributed by atoms with Crippen molar-refractivity contribution in [1.82, 2.24) is 15.5 Å². The van der Waals surface area contributed by atoms with Crippen LogP contribution in [-0.2, 0) is 9.59 Å². The lowest BCUT2D eigenvalue weighted by molar-refractivity contribution is -0.133. The molecule has 2 saturated heterocycles. The highest BCUT2D eigenvalue weighted by Crippen LogP contribution is 2.22. The van der Waals surface area contributed by atoms with Gasteiger partial charge in [-0.2, -0.15) is 0 Å². The zero-order valence-electron chi connectivity index (χ0n) is 14.6. The van der Waals surface area contributed by atoms with E-state index in [4.69, 9.17) is 4.74 Å². The van der Waals surface area contributed by atoms with Crippen molar-refractivity contribution in [1.29, 1.82) is 0 Å². The number of likely N-dealkylation sites (tertiary alicyclic amines) is 1. The summed E-state index contributed by atoms with van der Waals surface area (Å²) < 4.78 is 19.0. The summed E-state index contributed by atoms with van der Waals surface area (Å²) in [6, 6.07) is 5.49. The monoisotopic (exact) mass is 363 g/mol. The first-order valence-electron chi connectivity index (χ1n) is 8.69. The lowest BCUT2D eigenvalue weighted by Gasteiger charge is -2.33. The summed E-state index contributed by atoms with van der Waals surface area (Å²) in [5, 5.41) is 4.74. The quantitative estimate of drug-likeness (QED) is 0.778. The van der Waals surface area contributed by atoms with E-state index in [0.717, 1.165) is 0 Å². The molecule has 2 fully saturated rings. The molecule has 2 aliphatic rings. The van der Waals surface area contributed by atoms with Crippen molar-refractivity contribution >= 4 is 17.8 Å². The van der Waals surface area contributed by atoms with E-state index in [-0.39, 0.29) is 30.7 Å². The van der Waals surface area contributed by atoms with Crippen LogP contribution in [-0.4, -0.2) is 47.5 Å². The maximum Gasteiger partial charge on any atom is 0.322 e. The van der Waals surface area contributed by atoms with Crippen LogP contribution >= 0.6 is 0 Å². The number of carbonyl (C=O) groups excluding carboxylic acids is 3. The highest BCUT2D eigenvalue weighted by atomic mass is 19.1. The first-order valence-corrected chi connectivity index (χ1v) is 8.69. The van der Waals surface area contributed by atoms with Gasteiger partial charge in [0.2, 0.25) is 5.91 Å². The number of nitrogens with one attached hydrogen (secondary N) is 2. The number of nitrogens with zero attached hydrogens (tertiary/aromatic N) is 1. The third kappa shape index (κ3) is 4.12. The normalized spacial score (nSPS) is 23.5. The van der Waals surface area contributed by atoms with Crippen molar-refractivity contribution < 1.29 is 23.5 Å². The number of urea groups is 1. The minimum absolute atomic E-state index is 0.0515. The van der Waals surface area contributed by atoms with E-state index >= 15 is 0 Å². The van der Waals surface area contributed by atoms with E-state index in [2.05, 4.69) is 10.6 Å². The lowest BCUT2D eigenvalue weighted by Crippen LogP contribution is -2.46. The fourth-order valence-corrected chi connectivity index (χ4v) is 3.23. The summed E-state index contributed by atoms with van der Waals surface area (Å²) in [5.41, 5.74) is -1.04. The smallest absolute Gasteiger partial charge is 0.322 e. The van der Waals surface area contributed by atoms with Crippen LogP contribution in [0.3, 0.4) is 0 Å². The number of imide groups is 1. The van der Waals surface area contributed by atoms with Crippen LogP contribution in [0.25, 0.3) is 0 Å². The first kappa shape index (κ1) is 18.2. The third-order valence-corrected chi connectivity index (χ3v) is 4.85. The third-order valence-electron chi connectivity index (χ3n) is 4.85. The Morgan fingerprint density at radius 2 is 2.08 bits per heavy atom. The second-order valence-corrected chi connectivity index (χ2v) is 6.90. The van der Waals surface area contributed by atoms with Crippen LogP contribution in [0.2, 0.25) is 0 Å². The molecule has 2 N–H and O–H groups in total. The zero-order valence-corrected chi connectivity index (χ0v) is 14.6. The Balaban J connectivity index is 1.45. The molecule has 0 bridgehead atoms. The molecule has 0 aliphatic carbocycles. The summed E-state index contributed by atoms with van der Waals surface area (Å²) in [7, 11) is 0. The Bertz CT molecular complexity index is 718. The Morgan fingerprint density at radius 1 is 1.35 bits per heavy atom. The van der Waals surface area contributed by atoms with Gasteiger partial charge in [0.05, 0.1) is 0 Å². The molecule has 2 heterocycles. The molecule has 0 spiro atoms. The van der Waals surface area contributed by atoms with Gasteiger partial charge in [0, 0.05) is 38.4 Å². The van der Waals surface area contributed by atoms with Crippen molar-refractivity contribution in [3.05, 3.63) is 30.1 Å². The Labute approximate surface area is 150 Å². The molecule has 3 rings (SSSR count). The van der Waals surface area contributed by atoms with Gasteiger partial charge in [-0.15, -0.1) is 0 Å². The number of amides is 4.